The van der Waals surface area contributed by atoms with Crippen LogP contribution in [-0.4, -0.2) is 23.7 Å². The zero-order chi connectivity index (χ0) is 16.5. The van der Waals surface area contributed by atoms with Crippen LogP contribution in [0.25, 0.3) is 0 Å². The minimum Gasteiger partial charge on any atom is -0.478 e. The number of rotatable bonds is 11. The van der Waals surface area contributed by atoms with Crippen LogP contribution in [0.1, 0.15) is 72.1 Å². The highest BCUT2D eigenvalue weighted by Gasteiger charge is 2.03. The second-order valence-corrected chi connectivity index (χ2v) is 5.49. The fourth-order valence-corrected chi connectivity index (χ4v) is 1.56. The van der Waals surface area contributed by atoms with E-state index in [0.29, 0.717) is 18.9 Å². The van der Waals surface area contributed by atoms with Crippen molar-refractivity contribution in [3.05, 3.63) is 12.7 Å². The lowest BCUT2D eigenvalue weighted by molar-refractivity contribution is -0.144. The van der Waals surface area contributed by atoms with Gasteiger partial charge in [-0.05, 0) is 12.3 Å². The van der Waals surface area contributed by atoms with Gasteiger partial charge >= 0.3 is 11.9 Å². The van der Waals surface area contributed by atoms with Gasteiger partial charge in [0, 0.05) is 12.5 Å². The Morgan fingerprint density at radius 1 is 1.10 bits per heavy atom. The molecule has 0 aromatic rings. The van der Waals surface area contributed by atoms with Gasteiger partial charge in [-0.3, -0.25) is 4.79 Å². The zero-order valence-corrected chi connectivity index (χ0v) is 13.9. The average Bonchev–Trinajstić information content (AvgIpc) is 2.44. The molecule has 0 aromatic carbocycles. The first-order valence-corrected chi connectivity index (χ1v) is 7.95. The van der Waals surface area contributed by atoms with Crippen molar-refractivity contribution >= 4 is 11.9 Å². The maximum atomic E-state index is 11.3. The molecule has 0 saturated carbocycles. The topological polar surface area (TPSA) is 63.6 Å². The SMILES string of the molecule is C=CC(=O)O.CCCCCCCCCC(=O)OCC(C)C. The predicted octanol–water partition coefficient (Wildman–Crippen LogP) is 4.58. The number of unbranched alkanes of at least 4 members (excludes halogenated alkanes) is 6. The number of aliphatic carboxylic acids is 1. The molecule has 0 atom stereocenters. The van der Waals surface area contributed by atoms with E-state index >= 15 is 0 Å². The molecule has 4 nitrogen and oxygen atoms in total. The summed E-state index contributed by atoms with van der Waals surface area (Å²) in [6, 6.07) is 0. The summed E-state index contributed by atoms with van der Waals surface area (Å²) in [4.78, 5) is 20.5. The summed E-state index contributed by atoms with van der Waals surface area (Å²) in [7, 11) is 0. The van der Waals surface area contributed by atoms with E-state index in [0.717, 1.165) is 12.5 Å². The summed E-state index contributed by atoms with van der Waals surface area (Å²) in [6.07, 6.45) is 10.1. The van der Waals surface area contributed by atoms with Crippen LogP contribution in [0.2, 0.25) is 0 Å². The molecule has 0 bridgehead atoms. The van der Waals surface area contributed by atoms with Crippen molar-refractivity contribution < 1.29 is 19.4 Å². The smallest absolute Gasteiger partial charge is 0.327 e. The van der Waals surface area contributed by atoms with E-state index in [4.69, 9.17) is 9.84 Å². The van der Waals surface area contributed by atoms with Gasteiger partial charge in [-0.2, -0.15) is 0 Å². The summed E-state index contributed by atoms with van der Waals surface area (Å²) < 4.78 is 5.11. The fraction of sp³-hybridized carbons (Fsp3) is 0.765. The van der Waals surface area contributed by atoms with Crippen molar-refractivity contribution in [1.29, 1.82) is 0 Å². The summed E-state index contributed by atoms with van der Waals surface area (Å²) in [5.74, 6) is -0.565. The van der Waals surface area contributed by atoms with Crippen LogP contribution in [0.5, 0.6) is 0 Å². The Labute approximate surface area is 129 Å². The number of carboxylic acid groups (broad SMARTS) is 1. The molecular formula is C17H32O4. The average molecular weight is 300 g/mol. The quantitative estimate of drug-likeness (QED) is 0.344. The summed E-state index contributed by atoms with van der Waals surface area (Å²) >= 11 is 0. The number of ether oxygens (including phenoxy) is 1. The first-order chi connectivity index (χ1) is 9.93. The van der Waals surface area contributed by atoms with Gasteiger partial charge in [0.1, 0.15) is 0 Å². The third kappa shape index (κ3) is 24.1. The van der Waals surface area contributed by atoms with Crippen molar-refractivity contribution in [2.45, 2.75) is 72.1 Å². The van der Waals surface area contributed by atoms with Gasteiger partial charge < -0.3 is 9.84 Å². The molecule has 0 fully saturated rings. The second-order valence-electron chi connectivity index (χ2n) is 5.49. The molecular weight excluding hydrogens is 268 g/mol. The van der Waals surface area contributed by atoms with E-state index < -0.39 is 5.97 Å². The standard InChI is InChI=1S/C14H28O2.C3H4O2/c1-4-5-6-7-8-9-10-11-14(15)16-12-13(2)3;1-2-3(4)5/h13H,4-12H2,1-3H3;2H,1H2,(H,4,5). The van der Waals surface area contributed by atoms with Gasteiger partial charge in [-0.1, -0.05) is 65.9 Å². The molecule has 0 spiro atoms. The van der Waals surface area contributed by atoms with Gasteiger partial charge in [0.25, 0.3) is 0 Å². The van der Waals surface area contributed by atoms with E-state index in [1.54, 1.807) is 0 Å². The largest absolute Gasteiger partial charge is 0.478 e. The number of carboxylic acids is 1. The van der Waals surface area contributed by atoms with Crippen molar-refractivity contribution in [2.24, 2.45) is 5.92 Å². The molecule has 0 aromatic heterocycles. The highest BCUT2D eigenvalue weighted by atomic mass is 16.5. The zero-order valence-electron chi connectivity index (χ0n) is 13.9. The van der Waals surface area contributed by atoms with E-state index in [-0.39, 0.29) is 5.97 Å². The number of hydrogen-bond donors (Lipinski definition) is 1. The van der Waals surface area contributed by atoms with Crippen molar-refractivity contribution in [3.63, 3.8) is 0 Å². The van der Waals surface area contributed by atoms with Gasteiger partial charge in [-0.15, -0.1) is 0 Å². The minimum atomic E-state index is -0.981. The molecule has 0 aliphatic rings. The lowest BCUT2D eigenvalue weighted by atomic mass is 10.1. The maximum absolute atomic E-state index is 11.3. The predicted molar refractivity (Wildman–Crippen MR) is 86.2 cm³/mol. The van der Waals surface area contributed by atoms with Crippen LogP contribution >= 0.6 is 0 Å². The molecule has 0 saturated heterocycles. The van der Waals surface area contributed by atoms with Crippen LogP contribution in [0, 0.1) is 5.92 Å². The fourth-order valence-electron chi connectivity index (χ4n) is 1.56. The summed E-state index contributed by atoms with van der Waals surface area (Å²) in [5.41, 5.74) is 0. The van der Waals surface area contributed by atoms with Gasteiger partial charge in [0.15, 0.2) is 0 Å². The second kappa shape index (κ2) is 16.7. The maximum Gasteiger partial charge on any atom is 0.327 e. The Balaban J connectivity index is 0. The number of esters is 1. The van der Waals surface area contributed by atoms with Crippen LogP contribution in [0.3, 0.4) is 0 Å². The van der Waals surface area contributed by atoms with Crippen molar-refractivity contribution in [1.82, 2.24) is 0 Å². The summed E-state index contributed by atoms with van der Waals surface area (Å²) in [6.45, 7) is 9.87. The molecule has 0 heterocycles. The summed E-state index contributed by atoms with van der Waals surface area (Å²) in [5, 5.41) is 7.60. The highest BCUT2D eigenvalue weighted by Crippen LogP contribution is 2.09. The molecule has 0 unspecified atom stereocenters. The van der Waals surface area contributed by atoms with E-state index in [2.05, 4.69) is 27.4 Å². The third-order valence-electron chi connectivity index (χ3n) is 2.74. The third-order valence-corrected chi connectivity index (χ3v) is 2.74. The van der Waals surface area contributed by atoms with Gasteiger partial charge in [0.05, 0.1) is 6.61 Å². The first-order valence-electron chi connectivity index (χ1n) is 7.95. The Bertz CT molecular complexity index is 272. The molecule has 0 rings (SSSR count). The Kier molecular flexibility index (Phi) is 17.5. The number of carbonyl (C=O) groups excluding carboxylic acids is 1. The monoisotopic (exact) mass is 300 g/mol. The Morgan fingerprint density at radius 3 is 2.00 bits per heavy atom. The van der Waals surface area contributed by atoms with Crippen LogP contribution in [0.4, 0.5) is 0 Å². The van der Waals surface area contributed by atoms with Crippen molar-refractivity contribution in [2.75, 3.05) is 6.61 Å². The lowest BCUT2D eigenvalue weighted by Gasteiger charge is -2.06. The van der Waals surface area contributed by atoms with Crippen LogP contribution < -0.4 is 0 Å². The van der Waals surface area contributed by atoms with Gasteiger partial charge in [-0.25, -0.2) is 4.79 Å². The normalized spacial score (nSPS) is 9.71. The van der Waals surface area contributed by atoms with E-state index in [1.807, 2.05) is 0 Å². The minimum absolute atomic E-state index is 0.0257. The van der Waals surface area contributed by atoms with Crippen molar-refractivity contribution in [3.8, 4) is 0 Å². The Morgan fingerprint density at radius 2 is 1.57 bits per heavy atom. The van der Waals surface area contributed by atoms with Crippen LogP contribution in [0.15, 0.2) is 12.7 Å². The molecule has 0 aliphatic carbocycles. The number of carbonyl (C=O) groups is 2. The lowest BCUT2D eigenvalue weighted by Crippen LogP contribution is -2.09. The van der Waals surface area contributed by atoms with E-state index in [1.165, 1.54) is 38.5 Å². The van der Waals surface area contributed by atoms with Crippen LogP contribution in [-0.2, 0) is 14.3 Å². The molecule has 124 valence electrons. The van der Waals surface area contributed by atoms with Gasteiger partial charge in [0.2, 0.25) is 0 Å². The number of hydrogen-bond acceptors (Lipinski definition) is 3. The molecule has 1 N–H and O–H groups in total. The first kappa shape index (κ1) is 22.0. The molecule has 4 heteroatoms. The molecule has 0 amide bonds. The highest BCUT2D eigenvalue weighted by molar-refractivity contribution is 5.78. The molecule has 0 radical (unpaired) electrons. The Hall–Kier alpha value is -1.32. The van der Waals surface area contributed by atoms with E-state index in [9.17, 15) is 9.59 Å². The molecule has 0 aliphatic heterocycles. The molecule has 21 heavy (non-hydrogen) atoms.